The lowest BCUT2D eigenvalue weighted by molar-refractivity contribution is -0.118. The summed E-state index contributed by atoms with van der Waals surface area (Å²) in [7, 11) is -3.71. The summed E-state index contributed by atoms with van der Waals surface area (Å²) in [5.74, 6) is 0.229. The number of carbonyl (C=O) groups is 1. The van der Waals surface area contributed by atoms with Crippen LogP contribution in [0.5, 0.6) is 5.75 Å². The van der Waals surface area contributed by atoms with Crippen molar-refractivity contribution in [3.05, 3.63) is 80.8 Å². The molecule has 1 amide bonds. The summed E-state index contributed by atoms with van der Waals surface area (Å²) < 4.78 is 34.8. The first-order valence-corrected chi connectivity index (χ1v) is 11.7. The number of nitrogens with one attached hydrogen (secondary N) is 2. The van der Waals surface area contributed by atoms with E-state index < -0.39 is 10.0 Å². The smallest absolute Gasteiger partial charge is 0.262 e. The molecule has 0 spiro atoms. The zero-order chi connectivity index (χ0) is 20.9. The lowest BCUT2D eigenvalue weighted by atomic mass is 10.3. The van der Waals surface area contributed by atoms with Crippen LogP contribution >= 0.6 is 38.5 Å². The number of rotatable bonds is 7. The highest BCUT2D eigenvalue weighted by atomic mass is 127. The van der Waals surface area contributed by atoms with Crippen molar-refractivity contribution in [1.29, 1.82) is 0 Å². The van der Waals surface area contributed by atoms with Crippen LogP contribution < -0.4 is 14.8 Å². The highest BCUT2D eigenvalue weighted by Crippen LogP contribution is 2.20. The Kier molecular flexibility index (Phi) is 7.14. The van der Waals surface area contributed by atoms with E-state index in [2.05, 4.69) is 48.6 Å². The maximum absolute atomic E-state index is 12.5. The minimum atomic E-state index is -3.71. The van der Waals surface area contributed by atoms with Gasteiger partial charge < -0.3 is 10.1 Å². The number of anilines is 2. The summed E-state index contributed by atoms with van der Waals surface area (Å²) in [6, 6.07) is 20.1. The third-order valence-corrected chi connectivity index (χ3v) is 6.37. The lowest BCUT2D eigenvalue weighted by Crippen LogP contribution is -2.20. The van der Waals surface area contributed by atoms with Crippen LogP contribution in [-0.4, -0.2) is 20.9 Å². The average Bonchev–Trinajstić information content (AvgIpc) is 2.70. The number of amides is 1. The summed E-state index contributed by atoms with van der Waals surface area (Å²) in [5.41, 5.74) is 0.954. The van der Waals surface area contributed by atoms with Crippen LogP contribution in [0, 0.1) is 3.57 Å². The fourth-order valence-electron chi connectivity index (χ4n) is 2.33. The number of hydrogen-bond acceptors (Lipinski definition) is 4. The molecule has 0 saturated carbocycles. The monoisotopic (exact) mass is 586 g/mol. The van der Waals surface area contributed by atoms with Crippen LogP contribution in [0.25, 0.3) is 0 Å². The molecule has 0 heterocycles. The minimum Gasteiger partial charge on any atom is -0.484 e. The van der Waals surface area contributed by atoms with Gasteiger partial charge in [0.25, 0.3) is 15.9 Å². The van der Waals surface area contributed by atoms with Crippen molar-refractivity contribution in [3.8, 4) is 5.75 Å². The van der Waals surface area contributed by atoms with E-state index in [0.717, 1.165) is 8.04 Å². The van der Waals surface area contributed by atoms with Gasteiger partial charge in [-0.1, -0.05) is 15.9 Å². The van der Waals surface area contributed by atoms with Gasteiger partial charge in [-0.15, -0.1) is 0 Å². The van der Waals surface area contributed by atoms with Crippen LogP contribution in [0.1, 0.15) is 0 Å². The van der Waals surface area contributed by atoms with Crippen LogP contribution in [0.4, 0.5) is 11.4 Å². The van der Waals surface area contributed by atoms with Crippen molar-refractivity contribution in [2.45, 2.75) is 4.90 Å². The molecular formula is C20H16BrIN2O4S. The van der Waals surface area contributed by atoms with Crippen LogP contribution in [0.3, 0.4) is 0 Å². The molecule has 2 N–H and O–H groups in total. The topological polar surface area (TPSA) is 84.5 Å². The first-order chi connectivity index (χ1) is 13.8. The fourth-order valence-corrected chi connectivity index (χ4v) is 4.01. The Balaban J connectivity index is 1.58. The molecule has 0 aliphatic carbocycles. The second-order valence-corrected chi connectivity index (χ2v) is 9.77. The SMILES string of the molecule is O=C(COc1ccc(Br)cc1)Nc1ccc(S(=O)(=O)Nc2ccc(I)cc2)cc1. The van der Waals surface area contributed by atoms with Crippen LogP contribution in [0.15, 0.2) is 82.2 Å². The number of hydrogen-bond donors (Lipinski definition) is 2. The van der Waals surface area contributed by atoms with Crippen molar-refractivity contribution >= 4 is 65.8 Å². The van der Waals surface area contributed by atoms with Crippen molar-refractivity contribution < 1.29 is 17.9 Å². The van der Waals surface area contributed by atoms with E-state index in [9.17, 15) is 13.2 Å². The standard InChI is InChI=1S/C20H16BrIN2O4S/c21-14-1-9-18(10-2-14)28-13-20(25)23-16-7-11-19(12-8-16)29(26,27)24-17-5-3-15(22)4-6-17/h1-12,24H,13H2,(H,23,25). The van der Waals surface area contributed by atoms with Gasteiger partial charge >= 0.3 is 0 Å². The number of sulfonamides is 1. The van der Waals surface area contributed by atoms with E-state index in [0.29, 0.717) is 17.1 Å². The molecule has 0 atom stereocenters. The van der Waals surface area contributed by atoms with E-state index in [1.807, 2.05) is 24.3 Å². The Morgan fingerprint density at radius 2 is 1.48 bits per heavy atom. The first-order valence-electron chi connectivity index (χ1n) is 8.38. The maximum atomic E-state index is 12.5. The molecule has 0 aliphatic heterocycles. The number of halogens is 2. The van der Waals surface area contributed by atoms with Gasteiger partial charge in [0.05, 0.1) is 4.90 Å². The molecule has 0 saturated heterocycles. The molecule has 0 fully saturated rings. The highest BCUT2D eigenvalue weighted by Gasteiger charge is 2.14. The zero-order valence-corrected chi connectivity index (χ0v) is 19.5. The molecule has 6 nitrogen and oxygen atoms in total. The largest absolute Gasteiger partial charge is 0.484 e. The van der Waals surface area contributed by atoms with Gasteiger partial charge in [0.2, 0.25) is 0 Å². The Morgan fingerprint density at radius 3 is 2.10 bits per heavy atom. The summed E-state index contributed by atoms with van der Waals surface area (Å²) in [6.07, 6.45) is 0. The molecule has 3 aromatic carbocycles. The van der Waals surface area contributed by atoms with Gasteiger partial charge in [0.1, 0.15) is 5.75 Å². The van der Waals surface area contributed by atoms with Crippen molar-refractivity contribution in [3.63, 3.8) is 0 Å². The average molecular weight is 587 g/mol. The molecule has 9 heteroatoms. The summed E-state index contributed by atoms with van der Waals surface area (Å²) in [5, 5.41) is 2.67. The van der Waals surface area contributed by atoms with E-state index in [1.165, 1.54) is 24.3 Å². The minimum absolute atomic E-state index is 0.0974. The highest BCUT2D eigenvalue weighted by molar-refractivity contribution is 14.1. The Hall–Kier alpha value is -2.11. The Labute approximate surface area is 191 Å². The second kappa shape index (κ2) is 9.59. The third-order valence-electron chi connectivity index (χ3n) is 3.73. The summed E-state index contributed by atoms with van der Waals surface area (Å²) in [4.78, 5) is 12.1. The summed E-state index contributed by atoms with van der Waals surface area (Å²) >= 11 is 5.47. The Bertz CT molecular complexity index is 1090. The molecule has 3 rings (SSSR count). The van der Waals surface area contributed by atoms with E-state index in [-0.39, 0.29) is 17.4 Å². The predicted molar refractivity (Wildman–Crippen MR) is 125 cm³/mol. The third kappa shape index (κ3) is 6.44. The van der Waals surface area contributed by atoms with Crippen molar-refractivity contribution in [2.75, 3.05) is 16.6 Å². The van der Waals surface area contributed by atoms with Gasteiger partial charge in [-0.25, -0.2) is 8.42 Å². The number of carbonyl (C=O) groups excluding carboxylic acids is 1. The molecule has 0 aliphatic rings. The molecular weight excluding hydrogens is 571 g/mol. The van der Waals surface area contributed by atoms with Gasteiger partial charge in [0.15, 0.2) is 6.61 Å². The Morgan fingerprint density at radius 1 is 0.897 bits per heavy atom. The van der Waals surface area contributed by atoms with Gasteiger partial charge in [-0.2, -0.15) is 0 Å². The van der Waals surface area contributed by atoms with Crippen LogP contribution in [0.2, 0.25) is 0 Å². The maximum Gasteiger partial charge on any atom is 0.262 e. The van der Waals surface area contributed by atoms with Gasteiger partial charge in [-0.3, -0.25) is 9.52 Å². The molecule has 0 radical (unpaired) electrons. The molecule has 0 unspecified atom stereocenters. The first kappa shape index (κ1) is 21.6. The molecule has 150 valence electrons. The number of benzene rings is 3. The number of ether oxygens (including phenoxy) is 1. The molecule has 3 aromatic rings. The quantitative estimate of drug-likeness (QED) is 0.387. The van der Waals surface area contributed by atoms with E-state index in [4.69, 9.17) is 4.74 Å². The lowest BCUT2D eigenvalue weighted by Gasteiger charge is -2.10. The van der Waals surface area contributed by atoms with Crippen molar-refractivity contribution in [1.82, 2.24) is 0 Å². The molecule has 29 heavy (non-hydrogen) atoms. The second-order valence-electron chi connectivity index (χ2n) is 5.93. The molecule has 0 bridgehead atoms. The summed E-state index contributed by atoms with van der Waals surface area (Å²) in [6.45, 7) is -0.157. The molecule has 0 aromatic heterocycles. The predicted octanol–water partition coefficient (Wildman–Crippen LogP) is 4.87. The van der Waals surface area contributed by atoms with E-state index >= 15 is 0 Å². The van der Waals surface area contributed by atoms with Gasteiger partial charge in [-0.05, 0) is 95.4 Å². The van der Waals surface area contributed by atoms with E-state index in [1.54, 1.807) is 24.3 Å². The zero-order valence-electron chi connectivity index (χ0n) is 14.9. The van der Waals surface area contributed by atoms with Crippen LogP contribution in [-0.2, 0) is 14.8 Å². The van der Waals surface area contributed by atoms with Gasteiger partial charge in [0, 0.05) is 19.4 Å². The normalized spacial score (nSPS) is 11.0. The fraction of sp³-hybridized carbons (Fsp3) is 0.0500. The van der Waals surface area contributed by atoms with Crippen molar-refractivity contribution in [2.24, 2.45) is 0 Å².